The van der Waals surface area contributed by atoms with E-state index in [0.29, 0.717) is 65.3 Å². The van der Waals surface area contributed by atoms with Gasteiger partial charge in [0.05, 0.1) is 19.2 Å². The number of carbonyl (C=O) groups excluding carboxylic acids is 2. The number of hydrogen-bond donors (Lipinski definition) is 0. The second-order valence-corrected chi connectivity index (χ2v) is 7.25. The molecule has 2 amide bonds. The minimum absolute atomic E-state index is 0.0869. The van der Waals surface area contributed by atoms with Crippen molar-refractivity contribution in [1.29, 1.82) is 0 Å². The van der Waals surface area contributed by atoms with E-state index < -0.39 is 0 Å². The number of hydrogen-bond acceptors (Lipinski definition) is 6. The van der Waals surface area contributed by atoms with Crippen molar-refractivity contribution in [2.75, 3.05) is 47.2 Å². The van der Waals surface area contributed by atoms with Crippen molar-refractivity contribution in [1.82, 2.24) is 9.80 Å². The van der Waals surface area contributed by atoms with Crippen LogP contribution in [0.3, 0.4) is 0 Å². The molecule has 0 N–H and O–H groups in total. The SMILES string of the molecule is COc1ccc(C(=O)N2CCN(C(=O)c3cc(Cl)c4c(c3)OCO4)CC2)cc1OC. The number of benzene rings is 2. The van der Waals surface area contributed by atoms with Crippen LogP contribution in [0.4, 0.5) is 0 Å². The maximum Gasteiger partial charge on any atom is 0.254 e. The van der Waals surface area contributed by atoms with Crippen LogP contribution >= 0.6 is 11.6 Å². The summed E-state index contributed by atoms with van der Waals surface area (Å²) in [7, 11) is 3.07. The van der Waals surface area contributed by atoms with E-state index in [9.17, 15) is 9.59 Å². The number of fused-ring (bicyclic) bond motifs is 1. The van der Waals surface area contributed by atoms with Crippen molar-refractivity contribution in [3.8, 4) is 23.0 Å². The van der Waals surface area contributed by atoms with Crippen molar-refractivity contribution in [2.24, 2.45) is 0 Å². The summed E-state index contributed by atoms with van der Waals surface area (Å²) >= 11 is 6.19. The smallest absolute Gasteiger partial charge is 0.254 e. The van der Waals surface area contributed by atoms with Gasteiger partial charge in [-0.15, -0.1) is 0 Å². The Morgan fingerprint density at radius 2 is 1.50 bits per heavy atom. The number of rotatable bonds is 4. The summed E-state index contributed by atoms with van der Waals surface area (Å²) in [5, 5.41) is 0.343. The van der Waals surface area contributed by atoms with Crippen molar-refractivity contribution in [3.63, 3.8) is 0 Å². The summed E-state index contributed by atoms with van der Waals surface area (Å²) in [6, 6.07) is 8.29. The van der Waals surface area contributed by atoms with E-state index in [1.807, 2.05) is 0 Å². The number of methoxy groups -OCH3 is 2. The van der Waals surface area contributed by atoms with E-state index in [0.717, 1.165) is 0 Å². The van der Waals surface area contributed by atoms with Crippen LogP contribution in [0.25, 0.3) is 0 Å². The van der Waals surface area contributed by atoms with Crippen LogP contribution in [0.5, 0.6) is 23.0 Å². The summed E-state index contributed by atoms with van der Waals surface area (Å²) in [4.78, 5) is 29.2. The summed E-state index contributed by atoms with van der Waals surface area (Å²) in [5.41, 5.74) is 0.943. The highest BCUT2D eigenvalue weighted by Crippen LogP contribution is 2.40. The molecule has 0 spiro atoms. The Hall–Kier alpha value is -3.13. The molecular formula is C21H21ClN2O6. The standard InChI is InChI=1S/C21H21ClN2O6/c1-27-16-4-3-13(10-17(16)28-2)20(25)23-5-7-24(8-6-23)21(26)14-9-15(22)19-18(11-14)29-12-30-19/h3-4,9-11H,5-8,12H2,1-2H3. The van der Waals surface area contributed by atoms with E-state index in [1.165, 1.54) is 7.11 Å². The molecule has 2 aromatic rings. The van der Waals surface area contributed by atoms with E-state index in [-0.39, 0.29) is 18.6 Å². The topological polar surface area (TPSA) is 77.5 Å². The first-order chi connectivity index (χ1) is 14.5. The molecule has 0 saturated carbocycles. The van der Waals surface area contributed by atoms with Gasteiger partial charge in [-0.2, -0.15) is 0 Å². The lowest BCUT2D eigenvalue weighted by molar-refractivity contribution is 0.0535. The first-order valence-corrected chi connectivity index (χ1v) is 9.79. The zero-order valence-electron chi connectivity index (χ0n) is 16.6. The molecular weight excluding hydrogens is 412 g/mol. The van der Waals surface area contributed by atoms with Crippen LogP contribution in [-0.2, 0) is 0 Å². The van der Waals surface area contributed by atoms with Crippen molar-refractivity contribution >= 4 is 23.4 Å². The molecule has 1 fully saturated rings. The minimum Gasteiger partial charge on any atom is -0.493 e. The molecule has 2 aliphatic rings. The molecule has 2 heterocycles. The highest BCUT2D eigenvalue weighted by Gasteiger charge is 2.28. The normalized spacial score (nSPS) is 15.2. The molecule has 30 heavy (non-hydrogen) atoms. The van der Waals surface area contributed by atoms with Crippen molar-refractivity contribution < 1.29 is 28.5 Å². The molecule has 8 nitrogen and oxygen atoms in total. The lowest BCUT2D eigenvalue weighted by atomic mass is 10.1. The first-order valence-electron chi connectivity index (χ1n) is 9.41. The van der Waals surface area contributed by atoms with Crippen molar-refractivity contribution in [2.45, 2.75) is 0 Å². The number of carbonyl (C=O) groups is 2. The van der Waals surface area contributed by atoms with Gasteiger partial charge in [-0.05, 0) is 30.3 Å². The number of ether oxygens (including phenoxy) is 4. The number of piperazine rings is 1. The minimum atomic E-state index is -0.159. The van der Waals surface area contributed by atoms with Crippen LogP contribution in [0.15, 0.2) is 30.3 Å². The molecule has 2 aliphatic heterocycles. The maximum atomic E-state index is 12.9. The van der Waals surface area contributed by atoms with Crippen LogP contribution < -0.4 is 18.9 Å². The van der Waals surface area contributed by atoms with E-state index in [1.54, 1.807) is 47.2 Å². The first kappa shape index (κ1) is 20.2. The van der Waals surface area contributed by atoms with Gasteiger partial charge in [0.15, 0.2) is 23.0 Å². The van der Waals surface area contributed by atoms with Crippen LogP contribution in [0, 0.1) is 0 Å². The van der Waals surface area contributed by atoms with Crippen molar-refractivity contribution in [3.05, 3.63) is 46.5 Å². The molecule has 0 radical (unpaired) electrons. The predicted octanol–water partition coefficient (Wildman–Crippen LogP) is 2.68. The van der Waals surface area contributed by atoms with Gasteiger partial charge in [-0.3, -0.25) is 9.59 Å². The van der Waals surface area contributed by atoms with Gasteiger partial charge >= 0.3 is 0 Å². The highest BCUT2D eigenvalue weighted by atomic mass is 35.5. The van der Waals surface area contributed by atoms with Gasteiger partial charge in [-0.1, -0.05) is 11.6 Å². The molecule has 0 bridgehead atoms. The Morgan fingerprint density at radius 1 is 0.867 bits per heavy atom. The fraction of sp³-hybridized carbons (Fsp3) is 0.333. The molecule has 2 aromatic carbocycles. The Labute approximate surface area is 178 Å². The van der Waals surface area contributed by atoms with Crippen LogP contribution in [-0.4, -0.2) is 68.8 Å². The third kappa shape index (κ3) is 3.70. The van der Waals surface area contributed by atoms with Gasteiger partial charge in [0.2, 0.25) is 6.79 Å². The highest BCUT2D eigenvalue weighted by molar-refractivity contribution is 6.32. The summed E-state index contributed by atoms with van der Waals surface area (Å²) < 4.78 is 21.1. The monoisotopic (exact) mass is 432 g/mol. The molecule has 0 aromatic heterocycles. The Kier molecular flexibility index (Phi) is 5.59. The van der Waals surface area contributed by atoms with E-state index >= 15 is 0 Å². The fourth-order valence-corrected chi connectivity index (χ4v) is 3.80. The molecule has 0 atom stereocenters. The lowest BCUT2D eigenvalue weighted by Crippen LogP contribution is -2.50. The van der Waals surface area contributed by atoms with E-state index in [4.69, 9.17) is 30.5 Å². The fourth-order valence-electron chi connectivity index (χ4n) is 3.54. The second-order valence-electron chi connectivity index (χ2n) is 6.85. The van der Waals surface area contributed by atoms with Crippen LogP contribution in [0.1, 0.15) is 20.7 Å². The zero-order chi connectivity index (χ0) is 21.3. The van der Waals surface area contributed by atoms with Gasteiger partial charge in [-0.25, -0.2) is 0 Å². The number of amides is 2. The molecule has 4 rings (SSSR count). The third-order valence-electron chi connectivity index (χ3n) is 5.16. The molecule has 158 valence electrons. The maximum absolute atomic E-state index is 12.9. The molecule has 1 saturated heterocycles. The average molecular weight is 433 g/mol. The molecule has 0 unspecified atom stereocenters. The Bertz CT molecular complexity index is 988. The summed E-state index contributed by atoms with van der Waals surface area (Å²) in [5.74, 6) is 1.71. The lowest BCUT2D eigenvalue weighted by Gasteiger charge is -2.35. The molecule has 9 heteroatoms. The largest absolute Gasteiger partial charge is 0.493 e. The van der Waals surface area contributed by atoms with Gasteiger partial charge in [0.1, 0.15) is 0 Å². The average Bonchev–Trinajstić information content (AvgIpc) is 3.27. The van der Waals surface area contributed by atoms with Gasteiger partial charge in [0, 0.05) is 37.3 Å². The second kappa shape index (κ2) is 8.31. The number of nitrogens with zero attached hydrogens (tertiary/aromatic N) is 2. The van der Waals surface area contributed by atoms with Crippen LogP contribution in [0.2, 0.25) is 5.02 Å². The Morgan fingerprint density at radius 3 is 2.13 bits per heavy atom. The number of halogens is 1. The quantitative estimate of drug-likeness (QED) is 0.739. The Balaban J connectivity index is 1.42. The summed E-state index contributed by atoms with van der Waals surface area (Å²) in [6.45, 7) is 1.78. The summed E-state index contributed by atoms with van der Waals surface area (Å²) in [6.07, 6.45) is 0. The van der Waals surface area contributed by atoms with E-state index in [2.05, 4.69) is 0 Å². The van der Waals surface area contributed by atoms with Gasteiger partial charge in [0.25, 0.3) is 11.8 Å². The van der Waals surface area contributed by atoms with Gasteiger partial charge < -0.3 is 28.7 Å². The predicted molar refractivity (Wildman–Crippen MR) is 109 cm³/mol. The third-order valence-corrected chi connectivity index (χ3v) is 5.44. The zero-order valence-corrected chi connectivity index (χ0v) is 17.4. The molecule has 0 aliphatic carbocycles.